The van der Waals surface area contributed by atoms with E-state index in [-0.39, 0.29) is 6.61 Å². The second kappa shape index (κ2) is 10.2. The lowest BCUT2D eigenvalue weighted by Crippen LogP contribution is -2.42. The highest BCUT2D eigenvalue weighted by atomic mass is 32.2. The molecule has 1 aromatic carbocycles. The molecular formula is C18H28N4O2S. The number of hydrogen-bond acceptors (Lipinski definition) is 4. The first-order valence-electron chi connectivity index (χ1n) is 8.69. The van der Waals surface area contributed by atoms with Crippen LogP contribution in [-0.4, -0.2) is 42.6 Å². The van der Waals surface area contributed by atoms with Crippen molar-refractivity contribution in [3.8, 4) is 5.75 Å². The molecule has 1 aliphatic rings. The SMILES string of the molecule is CCSC1CCC(NC(=NC)NCc2cccc(OCC(N)=O)c2)C1. The summed E-state index contributed by atoms with van der Waals surface area (Å²) in [5.74, 6) is 2.15. The maximum absolute atomic E-state index is 10.8. The first-order chi connectivity index (χ1) is 12.1. The van der Waals surface area contributed by atoms with Crippen LogP contribution in [0.1, 0.15) is 31.7 Å². The van der Waals surface area contributed by atoms with Gasteiger partial charge in [-0.05, 0) is 42.7 Å². The van der Waals surface area contributed by atoms with Crippen LogP contribution in [0, 0.1) is 0 Å². The van der Waals surface area contributed by atoms with Crippen molar-refractivity contribution in [2.24, 2.45) is 10.7 Å². The summed E-state index contributed by atoms with van der Waals surface area (Å²) < 4.78 is 5.33. The molecule has 2 atom stereocenters. The highest BCUT2D eigenvalue weighted by molar-refractivity contribution is 7.99. The Kier molecular flexibility index (Phi) is 7.91. The van der Waals surface area contributed by atoms with Gasteiger partial charge in [0.25, 0.3) is 5.91 Å². The molecule has 0 spiro atoms. The summed E-state index contributed by atoms with van der Waals surface area (Å²) in [7, 11) is 1.79. The molecule has 25 heavy (non-hydrogen) atoms. The highest BCUT2D eigenvalue weighted by Crippen LogP contribution is 2.29. The summed E-state index contributed by atoms with van der Waals surface area (Å²) in [5.41, 5.74) is 6.15. The van der Waals surface area contributed by atoms with Gasteiger partial charge >= 0.3 is 0 Å². The van der Waals surface area contributed by atoms with Crippen molar-refractivity contribution < 1.29 is 9.53 Å². The number of carbonyl (C=O) groups is 1. The summed E-state index contributed by atoms with van der Waals surface area (Å²) in [5, 5.41) is 7.61. The van der Waals surface area contributed by atoms with E-state index in [4.69, 9.17) is 10.5 Å². The van der Waals surface area contributed by atoms with Gasteiger partial charge in [0.15, 0.2) is 12.6 Å². The largest absolute Gasteiger partial charge is 0.484 e. The molecule has 4 N–H and O–H groups in total. The van der Waals surface area contributed by atoms with E-state index in [1.54, 1.807) is 7.05 Å². The van der Waals surface area contributed by atoms with E-state index in [2.05, 4.69) is 22.5 Å². The number of amides is 1. The average molecular weight is 365 g/mol. The molecule has 1 amide bonds. The lowest BCUT2D eigenvalue weighted by atomic mass is 10.2. The smallest absolute Gasteiger partial charge is 0.255 e. The summed E-state index contributed by atoms with van der Waals surface area (Å²) in [6, 6.07) is 8.09. The van der Waals surface area contributed by atoms with E-state index >= 15 is 0 Å². The van der Waals surface area contributed by atoms with Crippen LogP contribution in [0.25, 0.3) is 0 Å². The Bertz CT molecular complexity index is 594. The van der Waals surface area contributed by atoms with Crippen molar-refractivity contribution in [3.05, 3.63) is 29.8 Å². The van der Waals surface area contributed by atoms with Gasteiger partial charge in [-0.3, -0.25) is 9.79 Å². The quantitative estimate of drug-likeness (QED) is 0.484. The molecule has 1 aromatic rings. The zero-order valence-corrected chi connectivity index (χ0v) is 15.8. The summed E-state index contributed by atoms with van der Waals surface area (Å²) in [6.45, 7) is 2.74. The van der Waals surface area contributed by atoms with Crippen molar-refractivity contribution in [2.45, 2.75) is 44.0 Å². The minimum Gasteiger partial charge on any atom is -0.484 e. The van der Waals surface area contributed by atoms with Gasteiger partial charge in [-0.25, -0.2) is 0 Å². The first-order valence-corrected chi connectivity index (χ1v) is 9.74. The molecule has 0 aliphatic heterocycles. The minimum absolute atomic E-state index is 0.112. The van der Waals surface area contributed by atoms with E-state index in [9.17, 15) is 4.79 Å². The van der Waals surface area contributed by atoms with Crippen molar-refractivity contribution in [3.63, 3.8) is 0 Å². The number of hydrogen-bond donors (Lipinski definition) is 3. The van der Waals surface area contributed by atoms with Crippen LogP contribution >= 0.6 is 11.8 Å². The van der Waals surface area contributed by atoms with Gasteiger partial charge in [-0.1, -0.05) is 19.1 Å². The third-order valence-corrected chi connectivity index (χ3v) is 5.32. The number of ether oxygens (including phenoxy) is 1. The topological polar surface area (TPSA) is 88.7 Å². The second-order valence-electron chi connectivity index (χ2n) is 6.06. The molecule has 2 rings (SSSR count). The number of nitrogens with two attached hydrogens (primary N) is 1. The van der Waals surface area contributed by atoms with Crippen LogP contribution in [0.3, 0.4) is 0 Å². The molecule has 0 bridgehead atoms. The normalized spacial score (nSPS) is 20.3. The Balaban J connectivity index is 1.80. The van der Waals surface area contributed by atoms with Crippen LogP contribution in [0.4, 0.5) is 0 Å². The Morgan fingerprint density at radius 3 is 3.00 bits per heavy atom. The molecule has 1 saturated carbocycles. The van der Waals surface area contributed by atoms with Crippen LogP contribution < -0.4 is 21.1 Å². The van der Waals surface area contributed by atoms with Crippen LogP contribution in [0.2, 0.25) is 0 Å². The Labute approximate surface area is 154 Å². The molecule has 1 aliphatic carbocycles. The summed E-state index contributed by atoms with van der Waals surface area (Å²) in [4.78, 5) is 15.1. The maximum Gasteiger partial charge on any atom is 0.255 e. The standard InChI is InChI=1S/C18H28N4O2S/c1-3-25-16-8-7-14(10-16)22-18(20-2)21-11-13-5-4-6-15(9-13)24-12-17(19)23/h4-6,9,14,16H,3,7-8,10-12H2,1-2H3,(H2,19,23)(H2,20,21,22). The zero-order chi connectivity index (χ0) is 18.1. The summed E-state index contributed by atoms with van der Waals surface area (Å²) in [6.07, 6.45) is 3.65. The van der Waals surface area contributed by atoms with Crippen LogP contribution in [0.5, 0.6) is 5.75 Å². The third kappa shape index (κ3) is 6.86. The van der Waals surface area contributed by atoms with Crippen LogP contribution in [0.15, 0.2) is 29.3 Å². The Hall–Kier alpha value is -1.89. The van der Waals surface area contributed by atoms with Crippen molar-refractivity contribution in [1.82, 2.24) is 10.6 Å². The predicted molar refractivity (Wildman–Crippen MR) is 104 cm³/mol. The lowest BCUT2D eigenvalue weighted by Gasteiger charge is -2.17. The third-order valence-electron chi connectivity index (χ3n) is 4.09. The monoisotopic (exact) mass is 364 g/mol. The maximum atomic E-state index is 10.8. The molecule has 2 unspecified atom stereocenters. The number of benzene rings is 1. The molecule has 6 nitrogen and oxygen atoms in total. The van der Waals surface area contributed by atoms with Gasteiger partial charge in [0.05, 0.1) is 0 Å². The van der Waals surface area contributed by atoms with Crippen LogP contribution in [-0.2, 0) is 11.3 Å². The fraction of sp³-hybridized carbons (Fsp3) is 0.556. The molecule has 0 aromatic heterocycles. The summed E-state index contributed by atoms with van der Waals surface area (Å²) >= 11 is 2.05. The molecule has 1 fully saturated rings. The number of primary amides is 1. The Morgan fingerprint density at radius 2 is 2.28 bits per heavy atom. The van der Waals surface area contributed by atoms with Crippen molar-refractivity contribution >= 4 is 23.6 Å². The number of nitrogens with zero attached hydrogens (tertiary/aromatic N) is 1. The van der Waals surface area contributed by atoms with Gasteiger partial charge in [0.1, 0.15) is 5.75 Å². The number of nitrogens with one attached hydrogen (secondary N) is 2. The molecular weight excluding hydrogens is 336 g/mol. The first kappa shape index (κ1) is 19.4. The Morgan fingerprint density at radius 1 is 1.44 bits per heavy atom. The zero-order valence-electron chi connectivity index (χ0n) is 15.0. The molecule has 7 heteroatoms. The molecule has 0 saturated heterocycles. The number of carbonyl (C=O) groups excluding carboxylic acids is 1. The van der Waals surface area contributed by atoms with Crippen molar-refractivity contribution in [2.75, 3.05) is 19.4 Å². The van der Waals surface area contributed by atoms with E-state index in [1.807, 2.05) is 36.0 Å². The van der Waals surface area contributed by atoms with Gasteiger partial charge in [-0.2, -0.15) is 11.8 Å². The van der Waals surface area contributed by atoms with Gasteiger partial charge in [-0.15, -0.1) is 0 Å². The second-order valence-corrected chi connectivity index (χ2v) is 7.64. The predicted octanol–water partition coefficient (Wildman–Crippen LogP) is 1.89. The van der Waals surface area contributed by atoms with Gasteiger partial charge in [0.2, 0.25) is 0 Å². The lowest BCUT2D eigenvalue weighted by molar-refractivity contribution is -0.119. The van der Waals surface area contributed by atoms with E-state index in [0.29, 0.717) is 18.3 Å². The van der Waals surface area contributed by atoms with Crippen molar-refractivity contribution in [1.29, 1.82) is 0 Å². The fourth-order valence-corrected chi connectivity index (χ4v) is 4.07. The van der Waals surface area contributed by atoms with Gasteiger partial charge < -0.3 is 21.1 Å². The number of guanidine groups is 1. The molecule has 0 heterocycles. The van der Waals surface area contributed by atoms with E-state index in [1.165, 1.54) is 25.0 Å². The minimum atomic E-state index is -0.482. The van der Waals surface area contributed by atoms with E-state index in [0.717, 1.165) is 16.8 Å². The molecule has 0 radical (unpaired) electrons. The number of thioether (sulfide) groups is 1. The highest BCUT2D eigenvalue weighted by Gasteiger charge is 2.25. The fourth-order valence-electron chi connectivity index (χ4n) is 2.93. The molecule has 138 valence electrons. The number of rotatable bonds is 8. The van der Waals surface area contributed by atoms with E-state index < -0.39 is 5.91 Å². The average Bonchev–Trinajstić information content (AvgIpc) is 3.04. The number of aliphatic imine (C=N–C) groups is 1. The van der Waals surface area contributed by atoms with Gasteiger partial charge in [0, 0.05) is 24.9 Å².